The summed E-state index contributed by atoms with van der Waals surface area (Å²) in [5.74, 6) is 3.80. The Morgan fingerprint density at radius 2 is 0.773 bits per heavy atom. The average Bonchev–Trinajstić information content (AvgIpc) is 2.44. The van der Waals surface area contributed by atoms with Gasteiger partial charge in [-0.3, -0.25) is 0 Å². The van der Waals surface area contributed by atoms with Crippen LogP contribution in [0.15, 0.2) is 0 Å². The molecule has 0 unspecified atom stereocenters. The minimum absolute atomic E-state index is 0.456. The van der Waals surface area contributed by atoms with Crippen molar-refractivity contribution in [3.05, 3.63) is 0 Å². The Morgan fingerprint density at radius 1 is 0.500 bits per heavy atom. The fourth-order valence-corrected chi connectivity index (χ4v) is 6.06. The van der Waals surface area contributed by atoms with Crippen molar-refractivity contribution in [1.29, 1.82) is 0 Å². The molecular weight excluding hydrogens is 264 g/mol. The molecule has 130 valence electrons. The Kier molecular flexibility index (Phi) is 6.06. The summed E-state index contributed by atoms with van der Waals surface area (Å²) in [4.78, 5) is 0. The lowest BCUT2D eigenvalue weighted by molar-refractivity contribution is -0.0331. The summed E-state index contributed by atoms with van der Waals surface area (Å²) in [7, 11) is 0. The molecule has 0 N–H and O–H groups in total. The maximum absolute atomic E-state index is 2.54. The third-order valence-corrected chi connectivity index (χ3v) is 6.70. The Labute approximate surface area is 140 Å². The molecule has 0 bridgehead atoms. The van der Waals surface area contributed by atoms with Crippen molar-refractivity contribution in [3.63, 3.8) is 0 Å². The second-order valence-electron chi connectivity index (χ2n) is 10.6. The first kappa shape index (κ1) is 18.3. The molecule has 0 heterocycles. The topological polar surface area (TPSA) is 0 Å². The molecule has 0 nitrogen and oxygen atoms in total. The van der Waals surface area contributed by atoms with Crippen LogP contribution >= 0.6 is 0 Å². The predicted molar refractivity (Wildman–Crippen MR) is 99.0 cm³/mol. The van der Waals surface area contributed by atoms with Gasteiger partial charge in [0.05, 0.1) is 0 Å². The molecule has 2 aliphatic rings. The van der Waals surface area contributed by atoms with Gasteiger partial charge in [0.25, 0.3) is 0 Å². The van der Waals surface area contributed by atoms with E-state index >= 15 is 0 Å². The van der Waals surface area contributed by atoms with Gasteiger partial charge in [0.15, 0.2) is 0 Å². The summed E-state index contributed by atoms with van der Waals surface area (Å²) in [6.07, 6.45) is 14.9. The summed E-state index contributed by atoms with van der Waals surface area (Å²) in [6, 6.07) is 0. The molecule has 2 rings (SSSR count). The van der Waals surface area contributed by atoms with Crippen molar-refractivity contribution in [2.45, 2.75) is 106 Å². The van der Waals surface area contributed by atoms with Crippen LogP contribution in [0.3, 0.4) is 0 Å². The number of hydrogen-bond donors (Lipinski definition) is 0. The minimum atomic E-state index is 0.456. The van der Waals surface area contributed by atoms with Gasteiger partial charge in [0.1, 0.15) is 0 Å². The van der Waals surface area contributed by atoms with E-state index in [0.29, 0.717) is 10.8 Å². The molecule has 0 aliphatic heterocycles. The van der Waals surface area contributed by atoms with Gasteiger partial charge in [0, 0.05) is 0 Å². The normalized spacial score (nSPS) is 25.9. The third-order valence-electron chi connectivity index (χ3n) is 6.70. The van der Waals surface area contributed by atoms with Gasteiger partial charge in [-0.25, -0.2) is 0 Å². The summed E-state index contributed by atoms with van der Waals surface area (Å²) in [6.45, 7) is 15.2. The van der Waals surface area contributed by atoms with Crippen molar-refractivity contribution in [3.8, 4) is 0 Å². The zero-order valence-corrected chi connectivity index (χ0v) is 16.4. The van der Waals surface area contributed by atoms with Crippen molar-refractivity contribution < 1.29 is 0 Å². The van der Waals surface area contributed by atoms with Crippen LogP contribution in [0.4, 0.5) is 0 Å². The lowest BCUT2D eigenvalue weighted by atomic mass is 9.53. The first-order chi connectivity index (χ1) is 10.2. The molecule has 0 saturated heterocycles. The van der Waals surface area contributed by atoms with Gasteiger partial charge in [-0.05, 0) is 34.5 Å². The monoisotopic (exact) mass is 306 g/mol. The fraction of sp³-hybridized carbons (Fsp3) is 1.00. The first-order valence-corrected chi connectivity index (χ1v) is 10.2. The van der Waals surface area contributed by atoms with Crippen LogP contribution in [0.5, 0.6) is 0 Å². The summed E-state index contributed by atoms with van der Waals surface area (Å²) < 4.78 is 0. The smallest absolute Gasteiger partial charge is 0.0301 e. The van der Waals surface area contributed by atoms with E-state index in [0.717, 1.165) is 23.7 Å². The SMILES string of the molecule is CC(C)(C)[C@H](C1CCCCC1)[C@H](C1CCCCC1)C(C)(C)C. The zero-order chi connectivity index (χ0) is 16.4. The standard InChI is InChI=1S/C22H42/c1-21(2,3)19(17-13-9-7-10-14-17)20(22(4,5)6)18-15-11-8-12-16-18/h17-20H,7-16H2,1-6H3/t19-,20+. The van der Waals surface area contributed by atoms with Crippen LogP contribution < -0.4 is 0 Å². The highest BCUT2D eigenvalue weighted by molar-refractivity contribution is 4.95. The molecule has 0 aromatic rings. The number of rotatable bonds is 3. The lowest BCUT2D eigenvalue weighted by Gasteiger charge is -2.52. The molecule has 0 radical (unpaired) electrons. The fourth-order valence-electron chi connectivity index (χ4n) is 6.06. The highest BCUT2D eigenvalue weighted by Gasteiger charge is 2.46. The Morgan fingerprint density at radius 3 is 1.00 bits per heavy atom. The van der Waals surface area contributed by atoms with Crippen LogP contribution in [0.1, 0.15) is 106 Å². The first-order valence-electron chi connectivity index (χ1n) is 10.2. The van der Waals surface area contributed by atoms with Gasteiger partial charge < -0.3 is 0 Å². The van der Waals surface area contributed by atoms with E-state index in [1.54, 1.807) is 0 Å². The molecule has 2 atom stereocenters. The van der Waals surface area contributed by atoms with Gasteiger partial charge in [-0.2, -0.15) is 0 Å². The van der Waals surface area contributed by atoms with Crippen LogP contribution in [0, 0.1) is 34.5 Å². The van der Waals surface area contributed by atoms with Gasteiger partial charge in [-0.15, -0.1) is 0 Å². The summed E-state index contributed by atoms with van der Waals surface area (Å²) >= 11 is 0. The minimum Gasteiger partial charge on any atom is -0.0599 e. The highest BCUT2D eigenvalue weighted by atomic mass is 14.5. The highest BCUT2D eigenvalue weighted by Crippen LogP contribution is 2.54. The van der Waals surface area contributed by atoms with Gasteiger partial charge in [0.2, 0.25) is 0 Å². The van der Waals surface area contributed by atoms with E-state index < -0.39 is 0 Å². The van der Waals surface area contributed by atoms with Crippen LogP contribution in [0.2, 0.25) is 0 Å². The van der Waals surface area contributed by atoms with Gasteiger partial charge >= 0.3 is 0 Å². The number of hydrogen-bond acceptors (Lipinski definition) is 0. The Hall–Kier alpha value is 0. The molecule has 22 heavy (non-hydrogen) atoms. The van der Waals surface area contributed by atoms with Crippen LogP contribution in [0.25, 0.3) is 0 Å². The van der Waals surface area contributed by atoms with Gasteiger partial charge in [-0.1, -0.05) is 106 Å². The Bertz CT molecular complexity index is 281. The van der Waals surface area contributed by atoms with Crippen molar-refractivity contribution in [2.75, 3.05) is 0 Å². The van der Waals surface area contributed by atoms with E-state index in [9.17, 15) is 0 Å². The molecule has 2 saturated carbocycles. The average molecular weight is 307 g/mol. The molecule has 0 heteroatoms. The van der Waals surface area contributed by atoms with Crippen LogP contribution in [-0.2, 0) is 0 Å². The van der Waals surface area contributed by atoms with Crippen molar-refractivity contribution in [1.82, 2.24) is 0 Å². The maximum atomic E-state index is 2.54. The molecular formula is C22H42. The molecule has 2 fully saturated rings. The third kappa shape index (κ3) is 4.51. The zero-order valence-electron chi connectivity index (χ0n) is 16.4. The van der Waals surface area contributed by atoms with E-state index in [4.69, 9.17) is 0 Å². The molecule has 2 aliphatic carbocycles. The Balaban J connectivity index is 2.29. The summed E-state index contributed by atoms with van der Waals surface area (Å²) in [5, 5.41) is 0. The van der Waals surface area contributed by atoms with Crippen molar-refractivity contribution >= 4 is 0 Å². The molecule has 0 aromatic heterocycles. The van der Waals surface area contributed by atoms with Crippen LogP contribution in [-0.4, -0.2) is 0 Å². The largest absolute Gasteiger partial charge is 0.0599 e. The van der Waals surface area contributed by atoms with Crippen molar-refractivity contribution in [2.24, 2.45) is 34.5 Å². The lowest BCUT2D eigenvalue weighted by Crippen LogP contribution is -2.45. The second kappa shape index (κ2) is 7.27. The quantitative estimate of drug-likeness (QED) is 0.507. The van der Waals surface area contributed by atoms with E-state index in [1.165, 1.54) is 64.2 Å². The molecule has 0 spiro atoms. The molecule has 0 amide bonds. The van der Waals surface area contributed by atoms with E-state index in [-0.39, 0.29) is 0 Å². The molecule has 0 aromatic carbocycles. The van der Waals surface area contributed by atoms with E-state index in [2.05, 4.69) is 41.5 Å². The predicted octanol–water partition coefficient (Wildman–Crippen LogP) is 7.47. The summed E-state index contributed by atoms with van der Waals surface area (Å²) in [5.41, 5.74) is 0.912. The maximum Gasteiger partial charge on any atom is -0.0301 e. The van der Waals surface area contributed by atoms with E-state index in [1.807, 2.05) is 0 Å². The second-order valence-corrected chi connectivity index (χ2v) is 10.6.